The predicted octanol–water partition coefficient (Wildman–Crippen LogP) is 2.55. The topological polar surface area (TPSA) is 104 Å². The average molecular weight is 361 g/mol. The molecule has 0 aliphatic carbocycles. The molecule has 8 nitrogen and oxygen atoms in total. The maximum absolute atomic E-state index is 12.6. The summed E-state index contributed by atoms with van der Waals surface area (Å²) < 4.78 is 42.7. The van der Waals surface area contributed by atoms with Gasteiger partial charge in [0.05, 0.1) is 19.1 Å². The Labute approximate surface area is 144 Å². The normalized spacial score (nSPS) is 11.1. The number of ether oxygens (including phenoxy) is 2. The van der Waals surface area contributed by atoms with Gasteiger partial charge >= 0.3 is 0 Å². The fourth-order valence-corrected chi connectivity index (χ4v) is 3.28. The summed E-state index contributed by atoms with van der Waals surface area (Å²) in [5.74, 6) is 1.14. The van der Waals surface area contributed by atoms with Gasteiger partial charge in [0.25, 0.3) is 10.0 Å². The molecule has 2 aromatic carbocycles. The van der Waals surface area contributed by atoms with Crippen molar-refractivity contribution in [2.45, 2.75) is 4.90 Å². The molecule has 1 N–H and O–H groups in total. The molecular weight excluding hydrogens is 346 g/mol. The summed E-state index contributed by atoms with van der Waals surface area (Å²) in [6.45, 7) is 0. The van der Waals surface area contributed by atoms with Crippen molar-refractivity contribution in [1.82, 2.24) is 10.1 Å². The van der Waals surface area contributed by atoms with Crippen LogP contribution >= 0.6 is 0 Å². The van der Waals surface area contributed by atoms with Gasteiger partial charge in [0.1, 0.15) is 0 Å². The third-order valence-corrected chi connectivity index (χ3v) is 4.78. The van der Waals surface area contributed by atoms with Crippen LogP contribution in [0.15, 0.2) is 58.3 Å². The second-order valence-electron chi connectivity index (χ2n) is 4.96. The summed E-state index contributed by atoms with van der Waals surface area (Å²) in [5, 5.41) is 3.73. The Bertz CT molecular complexity index is 971. The van der Waals surface area contributed by atoms with Gasteiger partial charge < -0.3 is 14.0 Å². The molecule has 0 spiro atoms. The second kappa shape index (κ2) is 6.81. The van der Waals surface area contributed by atoms with Crippen LogP contribution in [0.4, 0.5) is 5.69 Å². The Morgan fingerprint density at radius 2 is 1.84 bits per heavy atom. The highest BCUT2D eigenvalue weighted by atomic mass is 32.2. The summed E-state index contributed by atoms with van der Waals surface area (Å²) >= 11 is 0. The van der Waals surface area contributed by atoms with E-state index in [0.29, 0.717) is 28.6 Å². The standard InChI is InChI=1S/C16H15N3O5S/c1-22-14-7-6-13(9-15(14)23-2)25(20,21)19-12-5-3-4-11(8-12)16-17-10-24-18-16/h3-10,19H,1-2H3. The maximum atomic E-state index is 12.6. The lowest BCUT2D eigenvalue weighted by molar-refractivity contribution is 0.354. The first kappa shape index (κ1) is 16.8. The molecule has 0 amide bonds. The zero-order valence-electron chi connectivity index (χ0n) is 13.5. The zero-order valence-corrected chi connectivity index (χ0v) is 14.3. The van der Waals surface area contributed by atoms with Crippen LogP contribution < -0.4 is 14.2 Å². The lowest BCUT2D eigenvalue weighted by Crippen LogP contribution is -2.13. The number of hydrogen-bond donors (Lipinski definition) is 1. The van der Waals surface area contributed by atoms with Crippen molar-refractivity contribution < 1.29 is 22.4 Å². The number of aromatic nitrogens is 2. The summed E-state index contributed by atoms with van der Waals surface area (Å²) in [6, 6.07) is 11.0. The van der Waals surface area contributed by atoms with Gasteiger partial charge in [-0.15, -0.1) is 0 Å². The van der Waals surface area contributed by atoms with Gasteiger partial charge in [0, 0.05) is 17.3 Å². The molecule has 0 radical (unpaired) electrons. The van der Waals surface area contributed by atoms with Gasteiger partial charge in [-0.2, -0.15) is 4.98 Å². The molecule has 0 fully saturated rings. The van der Waals surface area contributed by atoms with E-state index in [9.17, 15) is 8.42 Å². The molecule has 1 heterocycles. The van der Waals surface area contributed by atoms with Gasteiger partial charge in [-0.25, -0.2) is 8.42 Å². The zero-order chi connectivity index (χ0) is 17.9. The lowest BCUT2D eigenvalue weighted by atomic mass is 10.2. The monoisotopic (exact) mass is 361 g/mol. The van der Waals surface area contributed by atoms with Crippen LogP contribution in [0.1, 0.15) is 0 Å². The third-order valence-electron chi connectivity index (χ3n) is 3.40. The Kier molecular flexibility index (Phi) is 4.57. The number of methoxy groups -OCH3 is 2. The minimum atomic E-state index is -3.81. The van der Waals surface area contributed by atoms with Gasteiger partial charge in [0.15, 0.2) is 11.5 Å². The second-order valence-corrected chi connectivity index (χ2v) is 6.64. The van der Waals surface area contributed by atoms with E-state index < -0.39 is 10.0 Å². The van der Waals surface area contributed by atoms with Crippen molar-refractivity contribution in [3.63, 3.8) is 0 Å². The van der Waals surface area contributed by atoms with E-state index in [4.69, 9.17) is 14.0 Å². The molecule has 0 aliphatic heterocycles. The molecule has 9 heteroatoms. The fraction of sp³-hybridized carbons (Fsp3) is 0.125. The van der Waals surface area contributed by atoms with Crippen molar-refractivity contribution in [1.29, 1.82) is 0 Å². The van der Waals surface area contributed by atoms with Crippen molar-refractivity contribution >= 4 is 15.7 Å². The molecule has 1 aromatic heterocycles. The highest BCUT2D eigenvalue weighted by molar-refractivity contribution is 7.92. The predicted molar refractivity (Wildman–Crippen MR) is 90.1 cm³/mol. The van der Waals surface area contributed by atoms with Crippen LogP contribution in [-0.2, 0) is 10.0 Å². The van der Waals surface area contributed by atoms with Crippen LogP contribution in [0.3, 0.4) is 0 Å². The number of rotatable bonds is 6. The van der Waals surface area contributed by atoms with E-state index in [0.717, 1.165) is 0 Å². The first-order valence-electron chi connectivity index (χ1n) is 7.15. The molecule has 0 aliphatic rings. The van der Waals surface area contributed by atoms with Crippen LogP contribution in [0, 0.1) is 0 Å². The quantitative estimate of drug-likeness (QED) is 0.719. The van der Waals surface area contributed by atoms with Crippen LogP contribution in [-0.4, -0.2) is 32.8 Å². The van der Waals surface area contributed by atoms with Gasteiger partial charge in [-0.1, -0.05) is 17.3 Å². The molecular formula is C16H15N3O5S. The summed E-state index contributed by atoms with van der Waals surface area (Å²) in [4.78, 5) is 3.99. The number of sulfonamides is 1. The molecule has 130 valence electrons. The SMILES string of the molecule is COc1ccc(S(=O)(=O)Nc2cccc(-c3ncon3)c2)cc1OC. The lowest BCUT2D eigenvalue weighted by Gasteiger charge is -2.12. The van der Waals surface area contributed by atoms with Gasteiger partial charge in [-0.3, -0.25) is 4.72 Å². The summed E-state index contributed by atoms with van der Waals surface area (Å²) in [5.41, 5.74) is 0.998. The molecule has 25 heavy (non-hydrogen) atoms. The number of nitrogens with zero attached hydrogens (tertiary/aromatic N) is 2. The van der Waals surface area contributed by atoms with E-state index in [2.05, 4.69) is 14.9 Å². The van der Waals surface area contributed by atoms with E-state index in [1.807, 2.05) is 0 Å². The van der Waals surface area contributed by atoms with Crippen LogP contribution in [0.25, 0.3) is 11.4 Å². The highest BCUT2D eigenvalue weighted by Gasteiger charge is 2.17. The molecule has 3 aromatic rings. The summed E-state index contributed by atoms with van der Waals surface area (Å²) in [7, 11) is -0.886. The number of anilines is 1. The average Bonchev–Trinajstić information content (AvgIpc) is 3.15. The largest absolute Gasteiger partial charge is 0.493 e. The number of benzene rings is 2. The van der Waals surface area contributed by atoms with E-state index in [-0.39, 0.29) is 4.90 Å². The van der Waals surface area contributed by atoms with Crippen molar-refractivity contribution in [2.24, 2.45) is 0 Å². The molecule has 0 atom stereocenters. The fourth-order valence-electron chi connectivity index (χ4n) is 2.22. The third kappa shape index (κ3) is 3.56. The van der Waals surface area contributed by atoms with Gasteiger partial charge in [-0.05, 0) is 24.3 Å². The van der Waals surface area contributed by atoms with Crippen LogP contribution in [0.2, 0.25) is 0 Å². The van der Waals surface area contributed by atoms with Gasteiger partial charge in [0.2, 0.25) is 12.2 Å². The van der Waals surface area contributed by atoms with Crippen molar-refractivity contribution in [3.8, 4) is 22.9 Å². The molecule has 0 saturated carbocycles. The van der Waals surface area contributed by atoms with Crippen molar-refractivity contribution in [2.75, 3.05) is 18.9 Å². The minimum absolute atomic E-state index is 0.0510. The van der Waals surface area contributed by atoms with E-state index >= 15 is 0 Å². The molecule has 3 rings (SSSR count). The summed E-state index contributed by atoms with van der Waals surface area (Å²) in [6.07, 6.45) is 1.20. The number of hydrogen-bond acceptors (Lipinski definition) is 7. The molecule has 0 saturated heterocycles. The highest BCUT2D eigenvalue weighted by Crippen LogP contribution is 2.30. The Morgan fingerprint density at radius 3 is 2.52 bits per heavy atom. The first-order valence-corrected chi connectivity index (χ1v) is 8.63. The molecule has 0 unspecified atom stereocenters. The van der Waals surface area contributed by atoms with E-state index in [1.54, 1.807) is 24.3 Å². The Morgan fingerprint density at radius 1 is 1.04 bits per heavy atom. The smallest absolute Gasteiger partial charge is 0.262 e. The maximum Gasteiger partial charge on any atom is 0.262 e. The van der Waals surface area contributed by atoms with Crippen LogP contribution in [0.5, 0.6) is 11.5 Å². The van der Waals surface area contributed by atoms with E-state index in [1.165, 1.54) is 38.8 Å². The number of nitrogens with one attached hydrogen (secondary N) is 1. The minimum Gasteiger partial charge on any atom is -0.493 e. The molecule has 0 bridgehead atoms. The van der Waals surface area contributed by atoms with Crippen molar-refractivity contribution in [3.05, 3.63) is 48.9 Å². The first-order chi connectivity index (χ1) is 12.0. The Balaban J connectivity index is 1.91. The Hall–Kier alpha value is -3.07.